The first-order valence-electron chi connectivity index (χ1n) is 6.36. The van der Waals surface area contributed by atoms with E-state index < -0.39 is 24.6 Å². The van der Waals surface area contributed by atoms with Crippen molar-refractivity contribution >= 4 is 11.9 Å². The second-order valence-electron chi connectivity index (χ2n) is 4.79. The summed E-state index contributed by atoms with van der Waals surface area (Å²) in [6.07, 6.45) is 1.13. The van der Waals surface area contributed by atoms with Crippen LogP contribution >= 0.6 is 0 Å². The Kier molecular flexibility index (Phi) is 6.01. The van der Waals surface area contributed by atoms with Gasteiger partial charge in [-0.2, -0.15) is 0 Å². The van der Waals surface area contributed by atoms with E-state index in [1.54, 1.807) is 13.8 Å². The van der Waals surface area contributed by atoms with E-state index in [0.717, 1.165) is 0 Å². The van der Waals surface area contributed by atoms with E-state index in [0.29, 0.717) is 19.4 Å². The third-order valence-corrected chi connectivity index (χ3v) is 2.84. The zero-order valence-electron chi connectivity index (χ0n) is 11.5. The number of hydrogen-bond donors (Lipinski definition) is 1. The Morgan fingerprint density at radius 1 is 1.55 bits per heavy atom. The van der Waals surface area contributed by atoms with Crippen LogP contribution in [0.2, 0.25) is 0 Å². The van der Waals surface area contributed by atoms with Crippen molar-refractivity contribution in [3.8, 4) is 0 Å². The molecule has 0 aromatic carbocycles. The summed E-state index contributed by atoms with van der Waals surface area (Å²) in [6, 6.07) is 0. The van der Waals surface area contributed by atoms with Gasteiger partial charge >= 0.3 is 11.9 Å². The van der Waals surface area contributed by atoms with Crippen LogP contribution in [-0.4, -0.2) is 46.9 Å². The summed E-state index contributed by atoms with van der Waals surface area (Å²) < 4.78 is 4.67. The molecule has 0 aromatic heterocycles. The molecule has 0 aromatic rings. The summed E-state index contributed by atoms with van der Waals surface area (Å²) in [6.45, 7) is 3.37. The fraction of sp³-hybridized carbons (Fsp3) is 0.818. The van der Waals surface area contributed by atoms with Gasteiger partial charge in [0.2, 0.25) is 5.28 Å². The normalized spacial score (nSPS) is 19.9. The summed E-state index contributed by atoms with van der Waals surface area (Å²) >= 11 is 0. The Labute approximate surface area is 116 Å². The average molecular weight is 289 g/mol. The number of ether oxygens (including phenoxy) is 1. The predicted molar refractivity (Wildman–Crippen MR) is 64.9 cm³/mol. The van der Waals surface area contributed by atoms with E-state index in [1.807, 2.05) is 0 Å². The number of hydrazine groups is 1. The van der Waals surface area contributed by atoms with Gasteiger partial charge in [-0.15, -0.1) is 5.01 Å². The molecule has 1 heterocycles. The van der Waals surface area contributed by atoms with Crippen molar-refractivity contribution in [2.75, 3.05) is 19.9 Å². The molecule has 0 bridgehead atoms. The number of carboxylic acid groups (broad SMARTS) is 1. The van der Waals surface area contributed by atoms with Crippen LogP contribution in [0, 0.1) is 17.0 Å². The van der Waals surface area contributed by atoms with Crippen molar-refractivity contribution in [3.63, 3.8) is 0 Å². The molecular weight excluding hydrogens is 270 g/mol. The molecule has 114 valence electrons. The van der Waals surface area contributed by atoms with Gasteiger partial charge in [0.25, 0.3) is 6.79 Å². The highest BCUT2D eigenvalue weighted by atomic mass is 16.8. The fourth-order valence-corrected chi connectivity index (χ4v) is 1.69. The maximum absolute atomic E-state index is 11.6. The van der Waals surface area contributed by atoms with Gasteiger partial charge in [0.1, 0.15) is 0 Å². The molecule has 9 nitrogen and oxygen atoms in total. The lowest BCUT2D eigenvalue weighted by Crippen LogP contribution is -2.42. The smallest absolute Gasteiger partial charge is 0.311 e. The Balaban J connectivity index is 2.37. The monoisotopic (exact) mass is 289 g/mol. The summed E-state index contributed by atoms with van der Waals surface area (Å²) in [4.78, 5) is 26.7. The second-order valence-corrected chi connectivity index (χ2v) is 4.79. The van der Waals surface area contributed by atoms with Gasteiger partial charge in [-0.1, -0.05) is 13.8 Å². The lowest BCUT2D eigenvalue weighted by atomic mass is 10.00. The van der Waals surface area contributed by atoms with Crippen molar-refractivity contribution in [2.45, 2.75) is 26.7 Å². The predicted octanol–water partition coefficient (Wildman–Crippen LogP) is 0.749. The molecule has 1 unspecified atom stereocenters. The first kappa shape index (κ1) is 16.0. The molecular formula is C11H19N3O6. The highest BCUT2D eigenvalue weighted by Gasteiger charge is 2.29. The molecule has 1 fully saturated rings. The molecule has 1 aliphatic heterocycles. The van der Waals surface area contributed by atoms with Crippen LogP contribution < -0.4 is 0 Å². The molecule has 20 heavy (non-hydrogen) atoms. The molecule has 1 aliphatic rings. The lowest BCUT2D eigenvalue weighted by Gasteiger charge is -2.26. The third kappa shape index (κ3) is 4.90. The number of aliphatic carboxylic acids is 1. The number of piperidine rings is 1. The molecule has 9 heteroatoms. The number of esters is 1. The van der Waals surface area contributed by atoms with Gasteiger partial charge in [0.05, 0.1) is 29.9 Å². The summed E-state index contributed by atoms with van der Waals surface area (Å²) in [5, 5.41) is 24.9. The van der Waals surface area contributed by atoms with Crippen LogP contribution in [0.4, 0.5) is 0 Å². The van der Waals surface area contributed by atoms with E-state index in [-0.39, 0.29) is 17.4 Å². The Morgan fingerprint density at radius 2 is 2.25 bits per heavy atom. The maximum Gasteiger partial charge on any atom is 0.311 e. The van der Waals surface area contributed by atoms with Gasteiger partial charge in [0.15, 0.2) is 0 Å². The van der Waals surface area contributed by atoms with Crippen LogP contribution in [0.5, 0.6) is 0 Å². The molecule has 0 aliphatic carbocycles. The summed E-state index contributed by atoms with van der Waals surface area (Å²) in [5.74, 6) is -2.27. The quantitative estimate of drug-likeness (QED) is 0.191. The molecule has 1 saturated heterocycles. The van der Waals surface area contributed by atoms with Gasteiger partial charge in [-0.05, 0) is 12.8 Å². The van der Waals surface area contributed by atoms with Gasteiger partial charge < -0.3 is 19.9 Å². The number of carbonyl (C=O) groups excluding carboxylic acids is 1. The van der Waals surface area contributed by atoms with Crippen molar-refractivity contribution in [3.05, 3.63) is 5.21 Å². The minimum Gasteiger partial charge on any atom is -0.569 e. The number of rotatable bonds is 6. The molecule has 0 spiro atoms. The number of nitrogens with zero attached hydrogens (tertiary/aromatic N) is 3. The van der Waals surface area contributed by atoms with Crippen molar-refractivity contribution in [1.82, 2.24) is 5.01 Å². The van der Waals surface area contributed by atoms with E-state index in [1.165, 1.54) is 5.01 Å². The van der Waals surface area contributed by atoms with Crippen molar-refractivity contribution in [1.29, 1.82) is 0 Å². The fourth-order valence-electron chi connectivity index (χ4n) is 1.69. The van der Waals surface area contributed by atoms with Crippen LogP contribution in [0.1, 0.15) is 26.7 Å². The number of hydrogen-bond acceptors (Lipinski definition) is 6. The van der Waals surface area contributed by atoms with Gasteiger partial charge in [-0.3, -0.25) is 9.59 Å². The first-order chi connectivity index (χ1) is 9.41. The highest BCUT2D eigenvalue weighted by molar-refractivity contribution is 5.71. The minimum absolute atomic E-state index is 0.0808. The zero-order valence-corrected chi connectivity index (χ0v) is 11.5. The maximum atomic E-state index is 11.6. The summed E-state index contributed by atoms with van der Waals surface area (Å²) in [5.41, 5.74) is 0. The number of carboxylic acids is 1. The molecule has 0 saturated carbocycles. The Morgan fingerprint density at radius 3 is 2.85 bits per heavy atom. The average Bonchev–Trinajstić information content (AvgIpc) is 2.43. The van der Waals surface area contributed by atoms with Crippen LogP contribution in [0.15, 0.2) is 5.28 Å². The zero-order chi connectivity index (χ0) is 15.1. The Bertz CT molecular complexity index is 384. The van der Waals surface area contributed by atoms with Crippen molar-refractivity contribution in [2.24, 2.45) is 17.1 Å². The molecule has 0 amide bonds. The second kappa shape index (κ2) is 7.51. The highest BCUT2D eigenvalue weighted by Crippen LogP contribution is 2.16. The van der Waals surface area contributed by atoms with Gasteiger partial charge in [-0.25, -0.2) is 0 Å². The van der Waals surface area contributed by atoms with Crippen LogP contribution in [0.3, 0.4) is 0 Å². The largest absolute Gasteiger partial charge is 0.569 e. The molecule has 1 atom stereocenters. The molecule has 1 N–H and O–H groups in total. The van der Waals surface area contributed by atoms with E-state index in [9.17, 15) is 14.8 Å². The minimum atomic E-state index is -0.935. The van der Waals surface area contributed by atoms with Gasteiger partial charge in [0, 0.05) is 0 Å². The number of carbonyl (C=O) groups is 2. The summed E-state index contributed by atoms with van der Waals surface area (Å²) in [7, 11) is 0. The Hall–Kier alpha value is -2.06. The topological polar surface area (TPSA) is 114 Å². The third-order valence-electron chi connectivity index (χ3n) is 2.84. The van der Waals surface area contributed by atoms with Crippen molar-refractivity contribution < 1.29 is 29.2 Å². The van der Waals surface area contributed by atoms with Crippen LogP contribution in [0.25, 0.3) is 0 Å². The van der Waals surface area contributed by atoms with E-state index in [2.05, 4.69) is 14.9 Å². The molecule has 1 rings (SSSR count). The molecule has 0 radical (unpaired) electrons. The standard InChI is InChI=1S/C11H19N3O6/c1-8(2)11(17)19-7-20-12-14(18)13-5-3-4-9(6-13)10(15)16/h8-9H,3-7H2,1-2H3,(H,15,16). The lowest BCUT2D eigenvalue weighted by molar-refractivity contribution is -0.714. The van der Waals surface area contributed by atoms with Crippen LogP contribution in [-0.2, 0) is 19.2 Å². The SMILES string of the molecule is CC(C)C(=O)OCON=[N+]([O-])N1CCCC(C(=O)O)C1. The van der Waals surface area contributed by atoms with E-state index in [4.69, 9.17) is 5.11 Å². The first-order valence-corrected chi connectivity index (χ1v) is 6.36. The van der Waals surface area contributed by atoms with E-state index >= 15 is 0 Å².